The van der Waals surface area contributed by atoms with Gasteiger partial charge in [0, 0.05) is 16.1 Å². The van der Waals surface area contributed by atoms with E-state index in [0.29, 0.717) is 16.7 Å². The van der Waals surface area contributed by atoms with Crippen LogP contribution in [0.25, 0.3) is 11.0 Å². The molecule has 6 heteroatoms. The monoisotopic (exact) mass is 261 g/mol. The van der Waals surface area contributed by atoms with Gasteiger partial charge in [0.2, 0.25) is 9.05 Å². The van der Waals surface area contributed by atoms with Crippen molar-refractivity contribution < 1.29 is 12.9 Å². The summed E-state index contributed by atoms with van der Waals surface area (Å²) in [6.45, 7) is 4.00. The topological polar surface area (TPSA) is 60.2 Å². The van der Waals surface area contributed by atoms with E-state index in [4.69, 9.17) is 15.2 Å². The molecular formula is C10H12ClNO3S. The molecule has 0 aliphatic rings. The van der Waals surface area contributed by atoms with Crippen molar-refractivity contribution in [1.82, 2.24) is 5.16 Å². The molecule has 88 valence electrons. The number of aromatic nitrogens is 1. The number of benzene rings is 1. The quantitative estimate of drug-likeness (QED) is 0.780. The molecule has 0 atom stereocenters. The van der Waals surface area contributed by atoms with E-state index in [0.717, 1.165) is 0 Å². The maximum atomic E-state index is 10.8. The first-order chi connectivity index (χ1) is 7.56. The zero-order chi connectivity index (χ0) is 12.2. The van der Waals surface area contributed by atoms with Crippen molar-refractivity contribution >= 4 is 30.7 Å². The van der Waals surface area contributed by atoms with Crippen LogP contribution in [-0.4, -0.2) is 13.6 Å². The largest absolute Gasteiger partial charge is 0.356 e. The molecule has 2 rings (SSSR count). The predicted molar refractivity (Wildman–Crippen MR) is 63.8 cm³/mol. The van der Waals surface area contributed by atoms with Crippen LogP contribution in [0.2, 0.25) is 0 Å². The highest BCUT2D eigenvalue weighted by Gasteiger charge is 2.14. The Balaban J connectivity index is 0.000000606. The Kier molecular flexibility index (Phi) is 4.32. The molecule has 0 aliphatic carbocycles. The van der Waals surface area contributed by atoms with E-state index in [-0.39, 0.29) is 5.75 Å². The third kappa shape index (κ3) is 3.21. The third-order valence-corrected chi connectivity index (χ3v) is 2.71. The van der Waals surface area contributed by atoms with Crippen LogP contribution < -0.4 is 0 Å². The van der Waals surface area contributed by atoms with Crippen LogP contribution in [0.1, 0.15) is 19.5 Å². The standard InChI is InChI=1S/C8H6ClNO3S.C2H6/c9-14(11,12)5-7-6-3-1-2-4-8(6)13-10-7;1-2/h1-4H,5H2;1-2H3. The van der Waals surface area contributed by atoms with Crippen molar-refractivity contribution in [2.75, 3.05) is 0 Å². The first kappa shape index (κ1) is 13.0. The fourth-order valence-corrected chi connectivity index (χ4v) is 2.05. The van der Waals surface area contributed by atoms with Gasteiger partial charge in [-0.1, -0.05) is 31.1 Å². The fourth-order valence-electron chi connectivity index (χ4n) is 1.21. The summed E-state index contributed by atoms with van der Waals surface area (Å²) >= 11 is 0. The summed E-state index contributed by atoms with van der Waals surface area (Å²) in [4.78, 5) is 0. The molecule has 1 aromatic heterocycles. The summed E-state index contributed by atoms with van der Waals surface area (Å²) in [5.41, 5.74) is 0.901. The molecule has 0 saturated heterocycles. The molecule has 0 unspecified atom stereocenters. The lowest BCUT2D eigenvalue weighted by atomic mass is 10.2. The summed E-state index contributed by atoms with van der Waals surface area (Å²) in [6, 6.07) is 7.02. The Hall–Kier alpha value is -1.07. The van der Waals surface area contributed by atoms with Crippen LogP contribution >= 0.6 is 10.7 Å². The molecule has 0 fully saturated rings. The number of nitrogens with zero attached hydrogens (tertiary/aromatic N) is 1. The van der Waals surface area contributed by atoms with Crippen molar-refractivity contribution in [3.63, 3.8) is 0 Å². The molecule has 0 N–H and O–H groups in total. The minimum atomic E-state index is -3.59. The molecule has 0 amide bonds. The highest BCUT2D eigenvalue weighted by molar-refractivity contribution is 8.13. The zero-order valence-corrected chi connectivity index (χ0v) is 10.5. The summed E-state index contributed by atoms with van der Waals surface area (Å²) < 4.78 is 26.6. The van der Waals surface area contributed by atoms with Crippen LogP contribution in [0.15, 0.2) is 28.8 Å². The average Bonchev–Trinajstić information content (AvgIpc) is 2.63. The Morgan fingerprint density at radius 3 is 2.56 bits per heavy atom. The highest BCUT2D eigenvalue weighted by atomic mass is 35.7. The minimum Gasteiger partial charge on any atom is -0.356 e. The number of fused-ring (bicyclic) bond motifs is 1. The summed E-state index contributed by atoms with van der Waals surface area (Å²) in [7, 11) is 1.53. The van der Waals surface area contributed by atoms with Gasteiger partial charge in [0.15, 0.2) is 5.58 Å². The third-order valence-electron chi connectivity index (χ3n) is 1.76. The molecule has 0 bridgehead atoms. The van der Waals surface area contributed by atoms with Gasteiger partial charge in [0.1, 0.15) is 11.4 Å². The van der Waals surface area contributed by atoms with Crippen LogP contribution in [0.4, 0.5) is 0 Å². The highest BCUT2D eigenvalue weighted by Crippen LogP contribution is 2.20. The Bertz CT molecular complexity index is 562. The first-order valence-electron chi connectivity index (χ1n) is 4.82. The lowest BCUT2D eigenvalue weighted by molar-refractivity contribution is 0.449. The maximum absolute atomic E-state index is 10.8. The van der Waals surface area contributed by atoms with Gasteiger partial charge in [-0.05, 0) is 12.1 Å². The number of halogens is 1. The molecular weight excluding hydrogens is 250 g/mol. The van der Waals surface area contributed by atoms with E-state index in [9.17, 15) is 8.42 Å². The Morgan fingerprint density at radius 1 is 1.31 bits per heavy atom. The average molecular weight is 262 g/mol. The van der Waals surface area contributed by atoms with Crippen molar-refractivity contribution in [2.45, 2.75) is 19.6 Å². The molecule has 4 nitrogen and oxygen atoms in total. The maximum Gasteiger partial charge on any atom is 0.238 e. The second-order valence-electron chi connectivity index (χ2n) is 2.81. The second kappa shape index (κ2) is 5.32. The number of hydrogen-bond donors (Lipinski definition) is 0. The molecule has 1 heterocycles. The molecule has 0 radical (unpaired) electrons. The second-order valence-corrected chi connectivity index (χ2v) is 5.59. The van der Waals surface area contributed by atoms with Crippen molar-refractivity contribution in [1.29, 1.82) is 0 Å². The van der Waals surface area contributed by atoms with Gasteiger partial charge >= 0.3 is 0 Å². The van der Waals surface area contributed by atoms with Gasteiger partial charge in [-0.15, -0.1) is 0 Å². The number of rotatable bonds is 2. The first-order valence-corrected chi connectivity index (χ1v) is 7.30. The van der Waals surface area contributed by atoms with E-state index in [1.807, 2.05) is 13.8 Å². The van der Waals surface area contributed by atoms with E-state index in [1.165, 1.54) is 0 Å². The predicted octanol–water partition coefficient (Wildman–Crippen LogP) is 2.92. The summed E-state index contributed by atoms with van der Waals surface area (Å²) in [6.07, 6.45) is 0. The molecule has 2 aromatic rings. The van der Waals surface area contributed by atoms with E-state index in [2.05, 4.69) is 5.16 Å². The fraction of sp³-hybridized carbons (Fsp3) is 0.300. The van der Waals surface area contributed by atoms with Crippen LogP contribution in [0.3, 0.4) is 0 Å². The lowest BCUT2D eigenvalue weighted by Gasteiger charge is -1.90. The van der Waals surface area contributed by atoms with E-state index < -0.39 is 9.05 Å². The molecule has 0 saturated carbocycles. The van der Waals surface area contributed by atoms with Gasteiger partial charge in [-0.2, -0.15) is 0 Å². The molecule has 0 spiro atoms. The minimum absolute atomic E-state index is 0.314. The molecule has 1 aromatic carbocycles. The number of para-hydroxylation sites is 1. The SMILES string of the molecule is CC.O=S(=O)(Cl)Cc1noc2ccccc12. The lowest BCUT2D eigenvalue weighted by Crippen LogP contribution is -1.95. The van der Waals surface area contributed by atoms with Gasteiger partial charge < -0.3 is 4.52 Å². The van der Waals surface area contributed by atoms with Crippen molar-refractivity contribution in [3.8, 4) is 0 Å². The van der Waals surface area contributed by atoms with Gasteiger partial charge in [0.25, 0.3) is 0 Å². The van der Waals surface area contributed by atoms with E-state index >= 15 is 0 Å². The molecule has 16 heavy (non-hydrogen) atoms. The summed E-state index contributed by atoms with van der Waals surface area (Å²) in [5, 5.41) is 4.32. The smallest absolute Gasteiger partial charge is 0.238 e. The van der Waals surface area contributed by atoms with Crippen LogP contribution in [0.5, 0.6) is 0 Å². The summed E-state index contributed by atoms with van der Waals surface area (Å²) in [5.74, 6) is -0.314. The van der Waals surface area contributed by atoms with Gasteiger partial charge in [0.05, 0.1) is 0 Å². The van der Waals surface area contributed by atoms with Crippen molar-refractivity contribution in [3.05, 3.63) is 30.0 Å². The Labute approximate surface area is 98.6 Å². The zero-order valence-electron chi connectivity index (χ0n) is 8.97. The van der Waals surface area contributed by atoms with Crippen molar-refractivity contribution in [2.24, 2.45) is 0 Å². The Morgan fingerprint density at radius 2 is 1.94 bits per heavy atom. The normalized spacial score (nSPS) is 10.9. The van der Waals surface area contributed by atoms with Crippen LogP contribution in [0, 0.1) is 0 Å². The molecule has 0 aliphatic heterocycles. The van der Waals surface area contributed by atoms with Crippen LogP contribution in [-0.2, 0) is 14.8 Å². The van der Waals surface area contributed by atoms with Gasteiger partial charge in [-0.3, -0.25) is 0 Å². The van der Waals surface area contributed by atoms with E-state index in [1.54, 1.807) is 24.3 Å². The van der Waals surface area contributed by atoms with Gasteiger partial charge in [-0.25, -0.2) is 8.42 Å². The number of hydrogen-bond acceptors (Lipinski definition) is 4.